The van der Waals surface area contributed by atoms with Gasteiger partial charge >= 0.3 is 6.18 Å². The standard InChI is InChI=1S/C21H15F3N8O/c22-21(23,24)18-12-10-31(30-18)6-3-5-25-20(33)16-17(32-7-2-1-4-14(32)29-16)13-9-27-19-15(28-13)11(12)8-26-19/h1-2,4,7-10H,3,5-6H2,(H,25,33)(H,26,27). The molecule has 5 aromatic rings. The highest BCUT2D eigenvalue weighted by Gasteiger charge is 2.38. The molecule has 0 aromatic carbocycles. The molecule has 12 heteroatoms. The maximum absolute atomic E-state index is 13.8. The summed E-state index contributed by atoms with van der Waals surface area (Å²) in [5.74, 6) is -0.404. The van der Waals surface area contributed by atoms with Gasteiger partial charge in [-0.15, -0.1) is 0 Å². The number of carbonyl (C=O) groups excluding carboxylic acids is 1. The molecule has 0 aliphatic carbocycles. The van der Waals surface area contributed by atoms with E-state index in [9.17, 15) is 18.0 Å². The number of amides is 1. The highest BCUT2D eigenvalue weighted by atomic mass is 19.4. The van der Waals surface area contributed by atoms with Crippen LogP contribution in [0.15, 0.2) is 43.0 Å². The Hall–Kier alpha value is -4.22. The molecule has 1 aliphatic rings. The number of hydrogen-bond donors (Lipinski definition) is 2. The Kier molecular flexibility index (Phi) is 4.06. The number of hydrogen-bond acceptors (Lipinski definition) is 5. The second-order valence-electron chi connectivity index (χ2n) is 7.65. The van der Waals surface area contributed by atoms with Gasteiger partial charge in [0.15, 0.2) is 17.0 Å². The van der Waals surface area contributed by atoms with E-state index in [2.05, 4.69) is 30.4 Å². The number of aromatic amines is 1. The third kappa shape index (κ3) is 3.05. The SMILES string of the molecule is O=C1NCCCn2cc(c(C(F)(F)F)n2)-c2c[nH]c3ncc(nc23)-c2c1nc1ccccn21. The largest absolute Gasteiger partial charge is 0.435 e. The molecule has 5 aromatic heterocycles. The lowest BCUT2D eigenvalue weighted by atomic mass is 10.1. The van der Waals surface area contributed by atoms with Gasteiger partial charge in [0, 0.05) is 42.8 Å². The number of rotatable bonds is 0. The zero-order valence-electron chi connectivity index (χ0n) is 16.9. The molecule has 1 amide bonds. The van der Waals surface area contributed by atoms with E-state index in [4.69, 9.17) is 0 Å². The number of nitrogens with one attached hydrogen (secondary N) is 2. The summed E-state index contributed by atoms with van der Waals surface area (Å²) in [5.41, 5.74) is 1.14. The van der Waals surface area contributed by atoms with Crippen molar-refractivity contribution in [3.8, 4) is 22.5 Å². The van der Waals surface area contributed by atoms with Crippen molar-refractivity contribution < 1.29 is 18.0 Å². The first-order chi connectivity index (χ1) is 15.9. The number of fused-ring (bicyclic) bond motifs is 8. The lowest BCUT2D eigenvalue weighted by Crippen LogP contribution is -2.26. The van der Waals surface area contributed by atoms with Crippen molar-refractivity contribution in [3.05, 3.63) is 54.4 Å². The second kappa shape index (κ2) is 6.89. The van der Waals surface area contributed by atoms with E-state index in [0.717, 1.165) is 0 Å². The van der Waals surface area contributed by atoms with Crippen molar-refractivity contribution in [2.45, 2.75) is 19.1 Å². The Balaban J connectivity index is 1.66. The molecule has 4 bridgehead atoms. The molecule has 33 heavy (non-hydrogen) atoms. The second-order valence-corrected chi connectivity index (χ2v) is 7.65. The van der Waals surface area contributed by atoms with Crippen LogP contribution in [-0.2, 0) is 12.7 Å². The first-order valence-electron chi connectivity index (χ1n) is 10.1. The van der Waals surface area contributed by atoms with Gasteiger partial charge in [-0.1, -0.05) is 6.07 Å². The first kappa shape index (κ1) is 19.5. The minimum Gasteiger partial charge on any atom is -0.351 e. The Morgan fingerprint density at radius 3 is 2.85 bits per heavy atom. The summed E-state index contributed by atoms with van der Waals surface area (Å²) in [7, 11) is 0. The molecule has 0 spiro atoms. The van der Waals surface area contributed by atoms with E-state index in [-0.39, 0.29) is 35.4 Å². The lowest BCUT2D eigenvalue weighted by Gasteiger charge is -2.08. The van der Waals surface area contributed by atoms with Gasteiger partial charge in [0.05, 0.1) is 6.20 Å². The summed E-state index contributed by atoms with van der Waals surface area (Å²) in [4.78, 5) is 29.3. The fourth-order valence-corrected chi connectivity index (χ4v) is 4.08. The van der Waals surface area contributed by atoms with Crippen molar-refractivity contribution in [1.82, 2.24) is 39.4 Å². The molecule has 166 valence electrons. The number of aryl methyl sites for hydroxylation is 1. The Labute approximate surface area is 183 Å². The van der Waals surface area contributed by atoms with E-state index in [0.29, 0.717) is 29.1 Å². The van der Waals surface area contributed by atoms with Crippen LogP contribution in [-0.4, -0.2) is 46.6 Å². The van der Waals surface area contributed by atoms with Crippen LogP contribution in [0.25, 0.3) is 39.3 Å². The summed E-state index contributed by atoms with van der Waals surface area (Å²) in [6.45, 7) is 0.434. The number of halogens is 3. The molecule has 0 atom stereocenters. The maximum Gasteiger partial charge on any atom is 0.435 e. The molecule has 0 saturated heterocycles. The number of pyridine rings is 1. The number of carbonyl (C=O) groups is 1. The van der Waals surface area contributed by atoms with E-state index in [1.54, 1.807) is 28.8 Å². The first-order valence-corrected chi connectivity index (χ1v) is 10.1. The third-order valence-corrected chi connectivity index (χ3v) is 5.54. The Bertz CT molecular complexity index is 1540. The highest BCUT2D eigenvalue weighted by Crippen LogP contribution is 2.38. The van der Waals surface area contributed by atoms with Gasteiger partial charge in [-0.2, -0.15) is 18.3 Å². The summed E-state index contributed by atoms with van der Waals surface area (Å²) in [6, 6.07) is 5.34. The summed E-state index contributed by atoms with van der Waals surface area (Å²) < 4.78 is 44.3. The molecular weight excluding hydrogens is 437 g/mol. The average Bonchev–Trinajstić information content (AvgIpc) is 3.49. The number of aromatic nitrogens is 7. The van der Waals surface area contributed by atoms with Crippen LogP contribution in [0.4, 0.5) is 13.2 Å². The zero-order chi connectivity index (χ0) is 22.7. The van der Waals surface area contributed by atoms with Crippen molar-refractivity contribution in [2.75, 3.05) is 6.54 Å². The van der Waals surface area contributed by atoms with Gasteiger partial charge < -0.3 is 10.3 Å². The van der Waals surface area contributed by atoms with E-state index >= 15 is 0 Å². The molecule has 0 radical (unpaired) electrons. The zero-order valence-corrected chi connectivity index (χ0v) is 16.9. The predicted molar refractivity (Wildman–Crippen MR) is 111 cm³/mol. The lowest BCUT2D eigenvalue weighted by molar-refractivity contribution is -0.141. The number of imidazole rings is 1. The third-order valence-electron chi connectivity index (χ3n) is 5.54. The predicted octanol–water partition coefficient (Wildman–Crippen LogP) is 3.29. The van der Waals surface area contributed by atoms with Crippen LogP contribution < -0.4 is 5.32 Å². The van der Waals surface area contributed by atoms with Gasteiger partial charge in [0.25, 0.3) is 5.91 Å². The fraction of sp³-hybridized carbons (Fsp3) is 0.190. The van der Waals surface area contributed by atoms with Crippen LogP contribution >= 0.6 is 0 Å². The van der Waals surface area contributed by atoms with Crippen LogP contribution in [0, 0.1) is 0 Å². The van der Waals surface area contributed by atoms with Gasteiger partial charge in [-0.05, 0) is 18.6 Å². The molecule has 2 N–H and O–H groups in total. The Morgan fingerprint density at radius 1 is 1.12 bits per heavy atom. The van der Waals surface area contributed by atoms with Gasteiger partial charge in [0.2, 0.25) is 0 Å². The minimum atomic E-state index is -4.65. The summed E-state index contributed by atoms with van der Waals surface area (Å²) >= 11 is 0. The normalized spacial score (nSPS) is 14.5. The fourth-order valence-electron chi connectivity index (χ4n) is 4.08. The molecule has 6 rings (SSSR count). The van der Waals surface area contributed by atoms with Crippen molar-refractivity contribution in [1.29, 1.82) is 0 Å². The highest BCUT2D eigenvalue weighted by molar-refractivity contribution is 6.00. The van der Waals surface area contributed by atoms with Gasteiger partial charge in [0.1, 0.15) is 22.6 Å². The smallest absolute Gasteiger partial charge is 0.351 e. The van der Waals surface area contributed by atoms with Gasteiger partial charge in [-0.25, -0.2) is 15.0 Å². The average molecular weight is 452 g/mol. The Morgan fingerprint density at radius 2 is 2.00 bits per heavy atom. The van der Waals surface area contributed by atoms with Crippen molar-refractivity contribution in [2.24, 2.45) is 0 Å². The minimum absolute atomic E-state index is 0.0836. The molecule has 0 fully saturated rings. The monoisotopic (exact) mass is 452 g/mol. The van der Waals surface area contributed by atoms with Crippen molar-refractivity contribution in [3.63, 3.8) is 0 Å². The van der Waals surface area contributed by atoms with Gasteiger partial charge in [-0.3, -0.25) is 13.9 Å². The van der Waals surface area contributed by atoms with Crippen molar-refractivity contribution >= 4 is 22.7 Å². The number of H-pyrrole nitrogens is 1. The molecule has 6 heterocycles. The quantitative estimate of drug-likeness (QED) is 0.375. The molecule has 1 aliphatic heterocycles. The van der Waals surface area contributed by atoms with Crippen LogP contribution in [0.5, 0.6) is 0 Å². The molecular formula is C21H15F3N8O. The summed E-state index contributed by atoms with van der Waals surface area (Å²) in [6.07, 6.45) is 1.75. The van der Waals surface area contributed by atoms with Crippen LogP contribution in [0.2, 0.25) is 0 Å². The molecule has 9 nitrogen and oxygen atoms in total. The van der Waals surface area contributed by atoms with E-state index in [1.807, 2.05) is 0 Å². The maximum atomic E-state index is 13.8. The number of nitrogens with zero attached hydrogens (tertiary/aromatic N) is 6. The summed E-state index contributed by atoms with van der Waals surface area (Å²) in [5, 5.41) is 6.56. The number of alkyl halides is 3. The van der Waals surface area contributed by atoms with E-state index < -0.39 is 17.8 Å². The van der Waals surface area contributed by atoms with Crippen LogP contribution in [0.3, 0.4) is 0 Å². The molecule has 0 saturated carbocycles. The van der Waals surface area contributed by atoms with Crippen LogP contribution in [0.1, 0.15) is 22.6 Å². The topological polar surface area (TPSA) is 106 Å². The van der Waals surface area contributed by atoms with E-state index in [1.165, 1.54) is 23.3 Å². The molecule has 0 unspecified atom stereocenters.